The number of aromatic nitrogens is 4. The molecule has 4 rings (SSSR count). The van der Waals surface area contributed by atoms with Gasteiger partial charge in [-0.1, -0.05) is 35.0 Å². The number of thioether (sulfide) groups is 1. The van der Waals surface area contributed by atoms with Gasteiger partial charge in [0.2, 0.25) is 11.1 Å². The molecule has 3 aromatic heterocycles. The Kier molecular flexibility index (Phi) is 5.02. The van der Waals surface area contributed by atoms with Gasteiger partial charge < -0.3 is 9.73 Å². The summed E-state index contributed by atoms with van der Waals surface area (Å²) in [6.45, 7) is 0. The number of furan rings is 1. The van der Waals surface area contributed by atoms with Gasteiger partial charge in [0.15, 0.2) is 11.4 Å². The van der Waals surface area contributed by atoms with Crippen molar-refractivity contribution in [1.82, 2.24) is 19.8 Å². The van der Waals surface area contributed by atoms with E-state index in [0.717, 1.165) is 0 Å². The molecule has 0 spiro atoms. The highest BCUT2D eigenvalue weighted by molar-refractivity contribution is 7.99. The first kappa shape index (κ1) is 17.8. The normalized spacial score (nSPS) is 11.0. The smallest absolute Gasteiger partial charge is 0.234 e. The Labute approximate surface area is 167 Å². The van der Waals surface area contributed by atoms with Gasteiger partial charge in [-0.15, -0.1) is 10.2 Å². The van der Waals surface area contributed by atoms with Crippen molar-refractivity contribution in [3.05, 3.63) is 58.8 Å². The van der Waals surface area contributed by atoms with E-state index in [1.165, 1.54) is 11.8 Å². The molecule has 0 saturated heterocycles. The fourth-order valence-corrected chi connectivity index (χ4v) is 3.35. The Bertz CT molecular complexity index is 1110. The van der Waals surface area contributed by atoms with Crippen LogP contribution in [0.4, 0.5) is 5.69 Å². The van der Waals surface area contributed by atoms with Gasteiger partial charge in [0.05, 0.1) is 22.7 Å². The maximum absolute atomic E-state index is 12.2. The van der Waals surface area contributed by atoms with Crippen LogP contribution in [0, 0.1) is 0 Å². The highest BCUT2D eigenvalue weighted by Crippen LogP contribution is 2.26. The molecule has 7 nitrogen and oxygen atoms in total. The van der Waals surface area contributed by atoms with E-state index in [2.05, 4.69) is 20.6 Å². The lowest BCUT2D eigenvalue weighted by Gasteiger charge is -2.07. The summed E-state index contributed by atoms with van der Waals surface area (Å²) in [5.41, 5.74) is 1.68. The summed E-state index contributed by atoms with van der Waals surface area (Å²) < 4.78 is 6.93. The minimum atomic E-state index is -0.247. The van der Waals surface area contributed by atoms with Crippen molar-refractivity contribution in [2.75, 3.05) is 11.1 Å². The largest absolute Gasteiger partial charge is 0.463 e. The summed E-state index contributed by atoms with van der Waals surface area (Å²) >= 11 is 13.2. The molecule has 136 valence electrons. The van der Waals surface area contributed by atoms with E-state index in [-0.39, 0.29) is 11.7 Å². The molecule has 1 amide bonds. The number of amides is 1. The Hall–Kier alpha value is -2.55. The first-order chi connectivity index (χ1) is 13.1. The standard InChI is InChI=1S/C17H11Cl2N5O2S/c18-10-3-4-11(19)13(8-10)20-16(25)9-27-17-22-21-15-6-5-12(23-24(15)17)14-2-1-7-26-14/h1-8H,9H2,(H,20,25). The fourth-order valence-electron chi connectivity index (χ4n) is 2.32. The van der Waals surface area contributed by atoms with Gasteiger partial charge in [-0.25, -0.2) is 0 Å². The van der Waals surface area contributed by atoms with Crippen LogP contribution >= 0.6 is 35.0 Å². The summed E-state index contributed by atoms with van der Waals surface area (Å²) in [5.74, 6) is 0.494. The Balaban J connectivity index is 1.49. The molecule has 0 unspecified atom stereocenters. The zero-order chi connectivity index (χ0) is 18.8. The highest BCUT2D eigenvalue weighted by atomic mass is 35.5. The molecule has 10 heteroatoms. The SMILES string of the molecule is O=C(CSc1nnc2ccc(-c3ccco3)nn12)Nc1cc(Cl)ccc1Cl. The number of rotatable bonds is 5. The van der Waals surface area contributed by atoms with E-state index in [9.17, 15) is 4.79 Å². The van der Waals surface area contributed by atoms with Crippen molar-refractivity contribution in [3.8, 4) is 11.5 Å². The molecule has 0 aliphatic heterocycles. The van der Waals surface area contributed by atoms with E-state index in [0.29, 0.717) is 38.0 Å². The minimum Gasteiger partial charge on any atom is -0.463 e. The maximum atomic E-state index is 12.2. The molecule has 1 N–H and O–H groups in total. The van der Waals surface area contributed by atoms with Crippen molar-refractivity contribution in [1.29, 1.82) is 0 Å². The van der Waals surface area contributed by atoms with E-state index in [1.807, 2.05) is 6.07 Å². The molecule has 0 atom stereocenters. The Morgan fingerprint density at radius 3 is 2.89 bits per heavy atom. The first-order valence-electron chi connectivity index (χ1n) is 7.74. The van der Waals surface area contributed by atoms with E-state index in [4.69, 9.17) is 27.6 Å². The van der Waals surface area contributed by atoms with Crippen LogP contribution in [0.3, 0.4) is 0 Å². The van der Waals surface area contributed by atoms with Gasteiger partial charge in [-0.2, -0.15) is 9.61 Å². The number of hydrogen-bond donors (Lipinski definition) is 1. The number of hydrogen-bond acceptors (Lipinski definition) is 6. The van der Waals surface area contributed by atoms with Crippen LogP contribution in [0.15, 0.2) is 58.3 Å². The minimum absolute atomic E-state index is 0.107. The third kappa shape index (κ3) is 3.92. The van der Waals surface area contributed by atoms with Gasteiger partial charge >= 0.3 is 0 Å². The van der Waals surface area contributed by atoms with Gasteiger partial charge in [-0.3, -0.25) is 4.79 Å². The predicted octanol–water partition coefficient (Wildman–Crippen LogP) is 4.42. The molecule has 0 fully saturated rings. The Morgan fingerprint density at radius 1 is 1.19 bits per heavy atom. The highest BCUT2D eigenvalue weighted by Gasteiger charge is 2.13. The lowest BCUT2D eigenvalue weighted by Crippen LogP contribution is -2.14. The fraction of sp³-hybridized carbons (Fsp3) is 0.0588. The molecular weight excluding hydrogens is 409 g/mol. The summed E-state index contributed by atoms with van der Waals surface area (Å²) in [4.78, 5) is 12.2. The van der Waals surface area contributed by atoms with Crippen LogP contribution < -0.4 is 5.32 Å². The van der Waals surface area contributed by atoms with E-state index < -0.39 is 0 Å². The zero-order valence-electron chi connectivity index (χ0n) is 13.6. The number of anilines is 1. The number of fused-ring (bicyclic) bond motifs is 1. The van der Waals surface area contributed by atoms with Crippen molar-refractivity contribution >= 4 is 52.2 Å². The molecular formula is C17H11Cl2N5O2S. The lowest BCUT2D eigenvalue weighted by atomic mass is 10.3. The summed E-state index contributed by atoms with van der Waals surface area (Å²) in [6, 6.07) is 12.1. The molecule has 0 saturated carbocycles. The molecule has 3 heterocycles. The van der Waals surface area contributed by atoms with Crippen molar-refractivity contribution in [3.63, 3.8) is 0 Å². The monoisotopic (exact) mass is 419 g/mol. The second-order valence-corrected chi connectivity index (χ2v) is 7.20. The quantitative estimate of drug-likeness (QED) is 0.481. The van der Waals surface area contributed by atoms with Crippen LogP contribution in [0.1, 0.15) is 0 Å². The third-order valence-corrected chi connectivity index (χ3v) is 5.03. The van der Waals surface area contributed by atoms with Crippen LogP contribution in [0.25, 0.3) is 17.1 Å². The summed E-state index contributed by atoms with van der Waals surface area (Å²) in [5, 5.41) is 16.7. The molecule has 1 aromatic carbocycles. The third-order valence-electron chi connectivity index (χ3n) is 3.54. The lowest BCUT2D eigenvalue weighted by molar-refractivity contribution is -0.113. The predicted molar refractivity (Wildman–Crippen MR) is 104 cm³/mol. The molecule has 4 aromatic rings. The number of carbonyl (C=O) groups excluding carboxylic acids is 1. The summed E-state index contributed by atoms with van der Waals surface area (Å²) in [6.07, 6.45) is 1.58. The van der Waals surface area contributed by atoms with Crippen LogP contribution in [-0.2, 0) is 4.79 Å². The first-order valence-corrected chi connectivity index (χ1v) is 9.48. The summed E-state index contributed by atoms with van der Waals surface area (Å²) in [7, 11) is 0. The molecule has 27 heavy (non-hydrogen) atoms. The Morgan fingerprint density at radius 2 is 2.07 bits per heavy atom. The molecule has 0 aliphatic rings. The van der Waals surface area contributed by atoms with Gasteiger partial charge in [0.25, 0.3) is 0 Å². The number of halogens is 2. The second-order valence-electron chi connectivity index (χ2n) is 5.41. The average molecular weight is 420 g/mol. The van der Waals surface area contributed by atoms with E-state index >= 15 is 0 Å². The van der Waals surface area contributed by atoms with Crippen molar-refractivity contribution < 1.29 is 9.21 Å². The average Bonchev–Trinajstić information content (AvgIpc) is 3.32. The topological polar surface area (TPSA) is 85.3 Å². The number of nitrogens with zero attached hydrogens (tertiary/aromatic N) is 4. The number of carbonyl (C=O) groups is 1. The molecule has 0 aliphatic carbocycles. The van der Waals surface area contributed by atoms with Crippen LogP contribution in [0.2, 0.25) is 10.0 Å². The van der Waals surface area contributed by atoms with Crippen LogP contribution in [-0.4, -0.2) is 31.5 Å². The van der Waals surface area contributed by atoms with Gasteiger partial charge in [0, 0.05) is 5.02 Å². The number of benzene rings is 1. The van der Waals surface area contributed by atoms with E-state index in [1.54, 1.807) is 47.2 Å². The maximum Gasteiger partial charge on any atom is 0.234 e. The van der Waals surface area contributed by atoms with Crippen molar-refractivity contribution in [2.24, 2.45) is 0 Å². The van der Waals surface area contributed by atoms with Crippen molar-refractivity contribution in [2.45, 2.75) is 5.16 Å². The van der Waals surface area contributed by atoms with Gasteiger partial charge in [-0.05, 0) is 42.5 Å². The molecule has 0 radical (unpaired) electrons. The zero-order valence-corrected chi connectivity index (χ0v) is 15.9. The molecule has 0 bridgehead atoms. The van der Waals surface area contributed by atoms with Gasteiger partial charge in [0.1, 0.15) is 5.69 Å². The van der Waals surface area contributed by atoms with Crippen LogP contribution in [0.5, 0.6) is 0 Å². The number of nitrogens with one attached hydrogen (secondary N) is 1. The second kappa shape index (κ2) is 7.59.